The molecule has 0 fully saturated rings. The van der Waals surface area contributed by atoms with Crippen LogP contribution in [0.3, 0.4) is 0 Å². The average molecular weight is 217 g/mol. The molecule has 0 aromatic heterocycles. The summed E-state index contributed by atoms with van der Waals surface area (Å²) in [4.78, 5) is 22.3. The molecule has 1 heterocycles. The number of fused-ring (bicyclic) bond motifs is 1. The molecule has 1 N–H and O–H groups in total. The maximum atomic E-state index is 11.4. The molecule has 0 atom stereocenters. The van der Waals surface area contributed by atoms with Crippen LogP contribution in [0.1, 0.15) is 21.5 Å². The van der Waals surface area contributed by atoms with Crippen LogP contribution in [0.2, 0.25) is 0 Å². The Labute approximate surface area is 92.9 Å². The highest BCUT2D eigenvalue weighted by Gasteiger charge is 2.19. The van der Waals surface area contributed by atoms with E-state index in [4.69, 9.17) is 0 Å². The van der Waals surface area contributed by atoms with Crippen LogP contribution in [0.4, 0.5) is 0 Å². The third-order valence-corrected chi connectivity index (χ3v) is 2.48. The monoisotopic (exact) mass is 217 g/mol. The Morgan fingerprint density at radius 3 is 3.06 bits per heavy atom. The summed E-state index contributed by atoms with van der Waals surface area (Å²) in [5.74, 6) is -0.474. The first kappa shape index (κ1) is 10.4. The van der Waals surface area contributed by atoms with E-state index < -0.39 is 5.97 Å². The number of ether oxygens (including phenoxy) is 1. The first-order valence-electron chi connectivity index (χ1n) is 4.88. The molecule has 1 amide bonds. The van der Waals surface area contributed by atoms with Gasteiger partial charge in [0, 0.05) is 18.2 Å². The van der Waals surface area contributed by atoms with E-state index in [0.717, 1.165) is 11.1 Å². The molecule has 0 spiro atoms. The molecule has 4 nitrogen and oxygen atoms in total. The van der Waals surface area contributed by atoms with E-state index in [1.165, 1.54) is 13.2 Å². The Hall–Kier alpha value is -2.10. The topological polar surface area (TPSA) is 55.4 Å². The van der Waals surface area contributed by atoms with Crippen molar-refractivity contribution >= 4 is 18.0 Å². The van der Waals surface area contributed by atoms with Crippen molar-refractivity contribution in [1.29, 1.82) is 0 Å². The van der Waals surface area contributed by atoms with E-state index in [9.17, 15) is 9.59 Å². The van der Waals surface area contributed by atoms with Crippen LogP contribution in [0, 0.1) is 0 Å². The second kappa shape index (κ2) is 4.18. The summed E-state index contributed by atoms with van der Waals surface area (Å²) in [6.45, 7) is 0.510. The summed E-state index contributed by atoms with van der Waals surface area (Å²) >= 11 is 0. The predicted molar refractivity (Wildman–Crippen MR) is 58.7 cm³/mol. The van der Waals surface area contributed by atoms with Crippen molar-refractivity contribution in [3.05, 3.63) is 41.0 Å². The van der Waals surface area contributed by atoms with Gasteiger partial charge in [0.05, 0.1) is 7.11 Å². The minimum atomic E-state index is -0.408. The molecule has 1 aliphatic rings. The van der Waals surface area contributed by atoms with Gasteiger partial charge in [0.2, 0.25) is 0 Å². The molecule has 2 rings (SSSR count). The third-order valence-electron chi connectivity index (χ3n) is 2.48. The number of hydrogen-bond acceptors (Lipinski definition) is 3. The number of methoxy groups -OCH3 is 1. The maximum absolute atomic E-state index is 11.4. The second-order valence-corrected chi connectivity index (χ2v) is 3.41. The fourth-order valence-electron chi connectivity index (χ4n) is 1.66. The molecule has 1 aromatic carbocycles. The lowest BCUT2D eigenvalue weighted by Gasteiger charge is -2.00. The Morgan fingerprint density at radius 1 is 1.50 bits per heavy atom. The van der Waals surface area contributed by atoms with Gasteiger partial charge in [0.15, 0.2) is 0 Å². The molecule has 0 aliphatic carbocycles. The van der Waals surface area contributed by atoms with E-state index in [2.05, 4.69) is 10.1 Å². The highest BCUT2D eigenvalue weighted by atomic mass is 16.5. The van der Waals surface area contributed by atoms with E-state index in [1.54, 1.807) is 18.2 Å². The van der Waals surface area contributed by atoms with Gasteiger partial charge in [-0.15, -0.1) is 0 Å². The van der Waals surface area contributed by atoms with Gasteiger partial charge in [-0.3, -0.25) is 4.79 Å². The minimum absolute atomic E-state index is 0.0664. The Bertz CT molecular complexity index is 477. The summed E-state index contributed by atoms with van der Waals surface area (Å²) in [6, 6.07) is 5.42. The number of rotatable bonds is 2. The van der Waals surface area contributed by atoms with Crippen LogP contribution >= 0.6 is 0 Å². The molecule has 82 valence electrons. The third kappa shape index (κ3) is 1.82. The van der Waals surface area contributed by atoms with Crippen LogP contribution in [0.15, 0.2) is 24.3 Å². The molecule has 4 heteroatoms. The zero-order valence-electron chi connectivity index (χ0n) is 8.82. The smallest absolute Gasteiger partial charge is 0.330 e. The van der Waals surface area contributed by atoms with Crippen LogP contribution in [-0.2, 0) is 16.1 Å². The van der Waals surface area contributed by atoms with Gasteiger partial charge in [0.25, 0.3) is 5.91 Å². The summed E-state index contributed by atoms with van der Waals surface area (Å²) in [7, 11) is 1.33. The molecule has 0 saturated carbocycles. The second-order valence-electron chi connectivity index (χ2n) is 3.41. The number of carbonyl (C=O) groups excluding carboxylic acids is 2. The van der Waals surface area contributed by atoms with Crippen molar-refractivity contribution in [3.8, 4) is 0 Å². The van der Waals surface area contributed by atoms with Crippen molar-refractivity contribution < 1.29 is 14.3 Å². The van der Waals surface area contributed by atoms with Gasteiger partial charge in [-0.1, -0.05) is 12.1 Å². The molecular formula is C12H11NO3. The summed E-state index contributed by atoms with van der Waals surface area (Å²) in [5, 5.41) is 2.74. The SMILES string of the molecule is COC(=O)C=Cc1cccc2c1CNC2=O. The molecule has 0 unspecified atom stereocenters. The molecule has 1 aliphatic heterocycles. The number of nitrogens with one attached hydrogen (secondary N) is 1. The lowest BCUT2D eigenvalue weighted by molar-refractivity contribution is -0.134. The Morgan fingerprint density at radius 2 is 2.31 bits per heavy atom. The normalized spacial score (nSPS) is 13.7. The molecule has 0 bridgehead atoms. The van der Waals surface area contributed by atoms with Crippen molar-refractivity contribution in [1.82, 2.24) is 5.32 Å². The van der Waals surface area contributed by atoms with Crippen molar-refractivity contribution in [2.24, 2.45) is 0 Å². The standard InChI is InChI=1S/C12H11NO3/c1-16-11(14)6-5-8-3-2-4-9-10(8)7-13-12(9)15/h2-6H,7H2,1H3,(H,13,15). The lowest BCUT2D eigenvalue weighted by atomic mass is 10.0. The fourth-order valence-corrected chi connectivity index (χ4v) is 1.66. The van der Waals surface area contributed by atoms with E-state index in [-0.39, 0.29) is 5.91 Å². The number of hydrogen-bond donors (Lipinski definition) is 1. The van der Waals surface area contributed by atoms with Gasteiger partial charge in [-0.05, 0) is 23.3 Å². The van der Waals surface area contributed by atoms with Crippen LogP contribution < -0.4 is 5.32 Å². The first-order valence-corrected chi connectivity index (χ1v) is 4.88. The largest absolute Gasteiger partial charge is 0.466 e. The molecule has 0 radical (unpaired) electrons. The van der Waals surface area contributed by atoms with Crippen molar-refractivity contribution in [2.45, 2.75) is 6.54 Å². The van der Waals surface area contributed by atoms with Gasteiger partial charge in [0.1, 0.15) is 0 Å². The highest BCUT2D eigenvalue weighted by molar-refractivity contribution is 5.99. The van der Waals surface area contributed by atoms with E-state index in [1.807, 2.05) is 6.07 Å². The van der Waals surface area contributed by atoms with Crippen LogP contribution in [-0.4, -0.2) is 19.0 Å². The lowest BCUT2D eigenvalue weighted by Crippen LogP contribution is -2.12. The fraction of sp³-hybridized carbons (Fsp3) is 0.167. The minimum Gasteiger partial charge on any atom is -0.466 e. The Kier molecular flexibility index (Phi) is 2.72. The summed E-state index contributed by atoms with van der Waals surface area (Å²) in [6.07, 6.45) is 3.00. The molecule has 16 heavy (non-hydrogen) atoms. The van der Waals surface area contributed by atoms with Crippen molar-refractivity contribution in [2.75, 3.05) is 7.11 Å². The van der Waals surface area contributed by atoms with Crippen LogP contribution in [0.5, 0.6) is 0 Å². The molecule has 0 saturated heterocycles. The van der Waals surface area contributed by atoms with E-state index >= 15 is 0 Å². The highest BCUT2D eigenvalue weighted by Crippen LogP contribution is 2.20. The number of carbonyl (C=O) groups is 2. The maximum Gasteiger partial charge on any atom is 0.330 e. The summed E-state index contributed by atoms with van der Waals surface area (Å²) in [5.41, 5.74) is 2.46. The van der Waals surface area contributed by atoms with Gasteiger partial charge in [-0.25, -0.2) is 4.79 Å². The van der Waals surface area contributed by atoms with Crippen LogP contribution in [0.25, 0.3) is 6.08 Å². The predicted octanol–water partition coefficient (Wildman–Crippen LogP) is 1.12. The van der Waals surface area contributed by atoms with E-state index in [0.29, 0.717) is 12.1 Å². The average Bonchev–Trinajstić information content (AvgIpc) is 2.69. The Balaban J connectivity index is 2.33. The first-order chi connectivity index (χ1) is 7.72. The zero-order valence-corrected chi connectivity index (χ0v) is 8.82. The van der Waals surface area contributed by atoms with Gasteiger partial charge < -0.3 is 10.1 Å². The zero-order chi connectivity index (χ0) is 11.5. The number of esters is 1. The number of amides is 1. The molecule has 1 aromatic rings. The quantitative estimate of drug-likeness (QED) is 0.596. The van der Waals surface area contributed by atoms with Gasteiger partial charge >= 0.3 is 5.97 Å². The van der Waals surface area contributed by atoms with Gasteiger partial charge in [-0.2, -0.15) is 0 Å². The number of benzene rings is 1. The molecular weight excluding hydrogens is 206 g/mol. The summed E-state index contributed by atoms with van der Waals surface area (Å²) < 4.78 is 4.50. The van der Waals surface area contributed by atoms with Crippen molar-refractivity contribution in [3.63, 3.8) is 0 Å².